The molecule has 1 aliphatic rings. The maximum Gasteiger partial charge on any atom is 0.245 e. The molecule has 0 saturated carbocycles. The standard InChI is InChI=1S/C12H22N2O4S/c1-8(2)10-11(15)13-9(3)12(16)14(10)6-5-7-19(4,17)18/h8-10H,5-7H2,1-4H3,(H,13,15). The van der Waals surface area contributed by atoms with Crippen molar-refractivity contribution >= 4 is 21.7 Å². The molecule has 1 fully saturated rings. The summed E-state index contributed by atoms with van der Waals surface area (Å²) < 4.78 is 22.2. The monoisotopic (exact) mass is 290 g/mol. The van der Waals surface area contributed by atoms with Gasteiger partial charge in [0.15, 0.2) is 0 Å². The van der Waals surface area contributed by atoms with E-state index in [4.69, 9.17) is 0 Å². The quantitative estimate of drug-likeness (QED) is 0.759. The minimum absolute atomic E-state index is 0.00492. The molecule has 7 heteroatoms. The van der Waals surface area contributed by atoms with Gasteiger partial charge in [-0.25, -0.2) is 8.42 Å². The van der Waals surface area contributed by atoms with Gasteiger partial charge in [0.2, 0.25) is 11.8 Å². The Hall–Kier alpha value is -1.11. The third kappa shape index (κ3) is 4.19. The van der Waals surface area contributed by atoms with Gasteiger partial charge in [-0.3, -0.25) is 9.59 Å². The summed E-state index contributed by atoms with van der Waals surface area (Å²) >= 11 is 0. The Kier molecular flexibility index (Phi) is 4.95. The molecular formula is C12H22N2O4S. The van der Waals surface area contributed by atoms with Gasteiger partial charge in [-0.15, -0.1) is 0 Å². The fourth-order valence-corrected chi connectivity index (χ4v) is 2.95. The number of carbonyl (C=O) groups is 2. The predicted molar refractivity (Wildman–Crippen MR) is 72.3 cm³/mol. The van der Waals surface area contributed by atoms with Gasteiger partial charge in [0.05, 0.1) is 5.75 Å². The van der Waals surface area contributed by atoms with E-state index in [0.29, 0.717) is 13.0 Å². The summed E-state index contributed by atoms with van der Waals surface area (Å²) in [5.41, 5.74) is 0. The number of rotatable bonds is 5. The maximum atomic E-state index is 12.1. The van der Waals surface area contributed by atoms with Gasteiger partial charge in [0.1, 0.15) is 21.9 Å². The van der Waals surface area contributed by atoms with Gasteiger partial charge in [-0.1, -0.05) is 13.8 Å². The zero-order valence-electron chi connectivity index (χ0n) is 11.8. The van der Waals surface area contributed by atoms with Crippen molar-refractivity contribution in [3.8, 4) is 0 Å². The molecule has 2 unspecified atom stereocenters. The number of amides is 2. The number of hydrogen-bond donors (Lipinski definition) is 1. The van der Waals surface area contributed by atoms with Crippen molar-refractivity contribution in [2.24, 2.45) is 5.92 Å². The van der Waals surface area contributed by atoms with Crippen LogP contribution in [-0.4, -0.2) is 55.8 Å². The number of sulfone groups is 1. The molecule has 1 aliphatic heterocycles. The summed E-state index contributed by atoms with van der Waals surface area (Å²) in [6, 6.07) is -1.05. The second kappa shape index (κ2) is 5.90. The molecule has 0 aromatic heterocycles. The zero-order chi connectivity index (χ0) is 14.8. The SMILES string of the molecule is CC1NC(=O)C(C(C)C)N(CCCS(C)(=O)=O)C1=O. The van der Waals surface area contributed by atoms with E-state index in [1.54, 1.807) is 6.92 Å². The third-order valence-electron chi connectivity index (χ3n) is 3.16. The number of nitrogens with zero attached hydrogens (tertiary/aromatic N) is 1. The molecule has 1 N–H and O–H groups in total. The van der Waals surface area contributed by atoms with Gasteiger partial charge in [0, 0.05) is 12.8 Å². The van der Waals surface area contributed by atoms with Crippen molar-refractivity contribution < 1.29 is 18.0 Å². The van der Waals surface area contributed by atoms with E-state index in [1.165, 1.54) is 11.2 Å². The van der Waals surface area contributed by atoms with Crippen LogP contribution in [0.1, 0.15) is 27.2 Å². The van der Waals surface area contributed by atoms with Crippen LogP contribution in [0.3, 0.4) is 0 Å². The number of hydrogen-bond acceptors (Lipinski definition) is 4. The van der Waals surface area contributed by atoms with Crippen molar-refractivity contribution in [3.05, 3.63) is 0 Å². The summed E-state index contributed by atoms with van der Waals surface area (Å²) in [6.45, 7) is 5.68. The number of nitrogens with one attached hydrogen (secondary N) is 1. The van der Waals surface area contributed by atoms with E-state index in [-0.39, 0.29) is 23.5 Å². The van der Waals surface area contributed by atoms with E-state index < -0.39 is 21.9 Å². The first kappa shape index (κ1) is 15.9. The van der Waals surface area contributed by atoms with Gasteiger partial charge in [-0.05, 0) is 19.3 Å². The lowest BCUT2D eigenvalue weighted by Crippen LogP contribution is -2.64. The van der Waals surface area contributed by atoms with Crippen LogP contribution in [0.15, 0.2) is 0 Å². The van der Waals surface area contributed by atoms with Crippen LogP contribution in [0, 0.1) is 5.92 Å². The molecule has 1 rings (SSSR count). The molecule has 0 radical (unpaired) electrons. The highest BCUT2D eigenvalue weighted by Gasteiger charge is 2.39. The second-order valence-electron chi connectivity index (χ2n) is 5.43. The lowest BCUT2D eigenvalue weighted by Gasteiger charge is -2.39. The van der Waals surface area contributed by atoms with E-state index in [9.17, 15) is 18.0 Å². The Morgan fingerprint density at radius 3 is 2.37 bits per heavy atom. The largest absolute Gasteiger partial charge is 0.343 e. The van der Waals surface area contributed by atoms with Crippen molar-refractivity contribution in [3.63, 3.8) is 0 Å². The first-order valence-electron chi connectivity index (χ1n) is 6.42. The van der Waals surface area contributed by atoms with Crippen LogP contribution in [-0.2, 0) is 19.4 Å². The maximum absolute atomic E-state index is 12.1. The Morgan fingerprint density at radius 2 is 1.89 bits per heavy atom. The van der Waals surface area contributed by atoms with Crippen LogP contribution < -0.4 is 5.32 Å². The predicted octanol–water partition coefficient (Wildman–Crippen LogP) is -0.207. The normalized spacial score (nSPS) is 24.8. The molecule has 6 nitrogen and oxygen atoms in total. The summed E-state index contributed by atoms with van der Waals surface area (Å²) in [5, 5.41) is 2.65. The molecule has 0 aliphatic carbocycles. The minimum atomic E-state index is -3.05. The topological polar surface area (TPSA) is 83.6 Å². The van der Waals surface area contributed by atoms with Crippen molar-refractivity contribution in [1.29, 1.82) is 0 Å². The highest BCUT2D eigenvalue weighted by molar-refractivity contribution is 7.90. The summed E-state index contributed by atoms with van der Waals surface area (Å²) in [7, 11) is -3.05. The molecule has 0 aromatic carbocycles. The fourth-order valence-electron chi connectivity index (χ4n) is 2.30. The molecule has 1 heterocycles. The molecule has 110 valence electrons. The summed E-state index contributed by atoms with van der Waals surface area (Å²) in [5.74, 6) is -0.291. The van der Waals surface area contributed by atoms with Crippen LogP contribution in [0.2, 0.25) is 0 Å². The second-order valence-corrected chi connectivity index (χ2v) is 7.69. The zero-order valence-corrected chi connectivity index (χ0v) is 12.7. The Bertz CT molecular complexity index is 458. The molecule has 2 amide bonds. The van der Waals surface area contributed by atoms with Gasteiger partial charge in [0.25, 0.3) is 0 Å². The highest BCUT2D eigenvalue weighted by Crippen LogP contribution is 2.17. The van der Waals surface area contributed by atoms with Gasteiger partial charge < -0.3 is 10.2 Å². The van der Waals surface area contributed by atoms with E-state index in [2.05, 4.69) is 5.32 Å². The van der Waals surface area contributed by atoms with Crippen molar-refractivity contribution in [2.75, 3.05) is 18.6 Å². The fraction of sp³-hybridized carbons (Fsp3) is 0.833. The lowest BCUT2D eigenvalue weighted by molar-refractivity contribution is -0.150. The molecule has 1 saturated heterocycles. The van der Waals surface area contributed by atoms with Crippen molar-refractivity contribution in [2.45, 2.75) is 39.3 Å². The average Bonchev–Trinajstić information content (AvgIpc) is 2.22. The van der Waals surface area contributed by atoms with Crippen LogP contribution in [0.4, 0.5) is 0 Å². The Morgan fingerprint density at radius 1 is 1.32 bits per heavy atom. The highest BCUT2D eigenvalue weighted by atomic mass is 32.2. The summed E-state index contributed by atoms with van der Waals surface area (Å²) in [4.78, 5) is 25.6. The molecule has 2 atom stereocenters. The first-order valence-corrected chi connectivity index (χ1v) is 8.48. The molecule has 0 aromatic rings. The minimum Gasteiger partial charge on any atom is -0.343 e. The lowest BCUT2D eigenvalue weighted by atomic mass is 9.97. The van der Waals surface area contributed by atoms with E-state index in [1.807, 2.05) is 13.8 Å². The smallest absolute Gasteiger partial charge is 0.245 e. The van der Waals surface area contributed by atoms with E-state index in [0.717, 1.165) is 0 Å². The molecule has 0 spiro atoms. The number of carbonyl (C=O) groups excluding carboxylic acids is 2. The average molecular weight is 290 g/mol. The molecule has 19 heavy (non-hydrogen) atoms. The molecule has 0 bridgehead atoms. The van der Waals surface area contributed by atoms with Gasteiger partial charge >= 0.3 is 0 Å². The third-order valence-corrected chi connectivity index (χ3v) is 4.19. The molecular weight excluding hydrogens is 268 g/mol. The van der Waals surface area contributed by atoms with Crippen LogP contribution in [0.5, 0.6) is 0 Å². The number of piperazine rings is 1. The van der Waals surface area contributed by atoms with Crippen molar-refractivity contribution in [1.82, 2.24) is 10.2 Å². The first-order chi connectivity index (χ1) is 8.63. The van der Waals surface area contributed by atoms with Crippen LogP contribution in [0.25, 0.3) is 0 Å². The Balaban J connectivity index is 2.78. The van der Waals surface area contributed by atoms with Gasteiger partial charge in [-0.2, -0.15) is 0 Å². The Labute approximate surface area is 114 Å². The van der Waals surface area contributed by atoms with E-state index >= 15 is 0 Å². The van der Waals surface area contributed by atoms with Crippen LogP contribution >= 0.6 is 0 Å². The summed E-state index contributed by atoms with van der Waals surface area (Å²) in [6.07, 6.45) is 1.52.